The van der Waals surface area contributed by atoms with E-state index in [0.717, 1.165) is 22.7 Å². The highest BCUT2D eigenvalue weighted by Crippen LogP contribution is 2.39. The number of aromatic nitrogens is 1. The van der Waals surface area contributed by atoms with Gasteiger partial charge in [0.2, 0.25) is 0 Å². The van der Waals surface area contributed by atoms with Gasteiger partial charge in [-0.05, 0) is 121 Å². The van der Waals surface area contributed by atoms with Gasteiger partial charge >= 0.3 is 0 Å². The maximum absolute atomic E-state index is 2.65. The Morgan fingerprint density at radius 2 is 0.580 bits per heavy atom. The summed E-state index contributed by atoms with van der Waals surface area (Å²) >= 11 is 0. The SMILES string of the molecule is c1ccc(-c2ccc(N(c3ccc(-c4ccccc4)cc3)c3ccc(-c4ccc5c(c4)c4ccccc4n5-c4ccc([Si](c5ccccc5)(c5ccccc5)c5ccccc5)cc4)cc3)cc2)cc1. The number of hydrogen-bond donors (Lipinski definition) is 0. The van der Waals surface area contributed by atoms with Crippen molar-refractivity contribution in [2.45, 2.75) is 0 Å². The average molecular weight is 897 g/mol. The van der Waals surface area contributed by atoms with Crippen LogP contribution < -0.4 is 25.6 Å². The van der Waals surface area contributed by atoms with E-state index in [9.17, 15) is 0 Å². The molecule has 0 aliphatic heterocycles. The third-order valence-electron chi connectivity index (χ3n) is 13.8. The second-order valence-corrected chi connectivity index (χ2v) is 21.5. The first-order chi connectivity index (χ1) is 34.2. The largest absolute Gasteiger partial charge is 0.311 e. The van der Waals surface area contributed by atoms with E-state index in [0.29, 0.717) is 0 Å². The van der Waals surface area contributed by atoms with Crippen molar-refractivity contribution in [2.75, 3.05) is 4.90 Å². The Morgan fingerprint density at radius 1 is 0.246 bits per heavy atom. The summed E-state index contributed by atoms with van der Waals surface area (Å²) in [5.41, 5.74) is 14.0. The lowest BCUT2D eigenvalue weighted by Crippen LogP contribution is -2.74. The van der Waals surface area contributed by atoms with Gasteiger partial charge in [-0.1, -0.05) is 224 Å². The highest BCUT2D eigenvalue weighted by molar-refractivity contribution is 7.19. The van der Waals surface area contributed by atoms with Gasteiger partial charge in [-0.25, -0.2) is 0 Å². The molecule has 0 aliphatic rings. The van der Waals surface area contributed by atoms with Crippen LogP contribution in [0.5, 0.6) is 0 Å². The van der Waals surface area contributed by atoms with E-state index in [-0.39, 0.29) is 0 Å². The van der Waals surface area contributed by atoms with E-state index >= 15 is 0 Å². The minimum absolute atomic E-state index is 1.10. The molecule has 0 fully saturated rings. The number of nitrogens with zero attached hydrogens (tertiary/aromatic N) is 2. The third-order valence-corrected chi connectivity index (χ3v) is 18.6. The molecule has 0 amide bonds. The summed E-state index contributed by atoms with van der Waals surface area (Å²) < 4.78 is 2.43. The first kappa shape index (κ1) is 41.7. The van der Waals surface area contributed by atoms with Gasteiger partial charge in [0.15, 0.2) is 8.07 Å². The van der Waals surface area contributed by atoms with Crippen molar-refractivity contribution in [3.63, 3.8) is 0 Å². The van der Waals surface area contributed by atoms with Crippen LogP contribution in [0.4, 0.5) is 17.1 Å². The van der Waals surface area contributed by atoms with Crippen LogP contribution in [0.15, 0.2) is 291 Å². The van der Waals surface area contributed by atoms with Gasteiger partial charge in [-0.15, -0.1) is 0 Å². The zero-order chi connectivity index (χ0) is 46.0. The lowest BCUT2D eigenvalue weighted by molar-refractivity contribution is 1.18. The van der Waals surface area contributed by atoms with Crippen molar-refractivity contribution in [3.05, 3.63) is 291 Å². The van der Waals surface area contributed by atoms with E-state index in [1.807, 2.05) is 0 Å². The van der Waals surface area contributed by atoms with E-state index < -0.39 is 8.07 Å². The fraction of sp³-hybridized carbons (Fsp3) is 0. The van der Waals surface area contributed by atoms with Gasteiger partial charge in [-0.3, -0.25) is 0 Å². The van der Waals surface area contributed by atoms with Crippen LogP contribution in [0.2, 0.25) is 0 Å². The summed E-state index contributed by atoms with van der Waals surface area (Å²) in [6.45, 7) is 0. The topological polar surface area (TPSA) is 8.17 Å². The molecule has 3 heteroatoms. The quantitative estimate of drug-likeness (QED) is 0.0928. The van der Waals surface area contributed by atoms with Crippen LogP contribution in [-0.4, -0.2) is 12.6 Å². The van der Waals surface area contributed by atoms with Crippen molar-refractivity contribution in [1.29, 1.82) is 0 Å². The maximum Gasteiger partial charge on any atom is 0.179 e. The first-order valence-corrected chi connectivity index (χ1v) is 25.7. The van der Waals surface area contributed by atoms with Crippen LogP contribution in [0.25, 0.3) is 60.9 Å². The normalized spacial score (nSPS) is 11.5. The molecule has 1 aromatic heterocycles. The van der Waals surface area contributed by atoms with Gasteiger partial charge in [0.1, 0.15) is 0 Å². The van der Waals surface area contributed by atoms with E-state index in [1.165, 1.54) is 75.9 Å². The molecule has 0 radical (unpaired) electrons. The third kappa shape index (κ3) is 7.65. The molecule has 326 valence electrons. The van der Waals surface area contributed by atoms with Gasteiger partial charge in [0.25, 0.3) is 0 Å². The predicted molar refractivity (Wildman–Crippen MR) is 295 cm³/mol. The molecular formula is C66H48N2Si. The summed E-state index contributed by atoms with van der Waals surface area (Å²) in [5, 5.41) is 7.94. The first-order valence-electron chi connectivity index (χ1n) is 23.7. The number of rotatable bonds is 11. The molecule has 1 heterocycles. The van der Waals surface area contributed by atoms with Gasteiger partial charge in [0.05, 0.1) is 11.0 Å². The fourth-order valence-electron chi connectivity index (χ4n) is 10.5. The van der Waals surface area contributed by atoms with Crippen LogP contribution in [0.1, 0.15) is 0 Å². The molecule has 0 spiro atoms. The molecule has 12 rings (SSSR count). The molecule has 0 aliphatic carbocycles. The van der Waals surface area contributed by atoms with Crippen LogP contribution in [-0.2, 0) is 0 Å². The standard InChI is InChI=1S/C66H48N2Si/c1-6-18-49(19-7-1)51-30-37-55(38-31-51)67(56-39-32-52(33-40-56)50-20-8-2-9-21-50)57-41-34-53(35-42-57)54-36-47-66-64(48-54)63-28-16-17-29-65(63)68(66)58-43-45-62(46-44-58)69(59-22-10-3-11-23-59,60-24-12-4-13-25-60)61-26-14-5-15-27-61/h1-48H. The zero-order valence-corrected chi connectivity index (χ0v) is 39.1. The van der Waals surface area contributed by atoms with Gasteiger partial charge in [0, 0.05) is 33.5 Å². The molecule has 0 atom stereocenters. The highest BCUT2D eigenvalue weighted by atomic mass is 28.3. The molecule has 0 unspecified atom stereocenters. The molecule has 12 aromatic rings. The maximum atomic E-state index is 2.43. The summed E-state index contributed by atoms with van der Waals surface area (Å²) in [6.07, 6.45) is 0. The smallest absolute Gasteiger partial charge is 0.179 e. The van der Waals surface area contributed by atoms with Gasteiger partial charge in [-0.2, -0.15) is 0 Å². The van der Waals surface area contributed by atoms with E-state index in [4.69, 9.17) is 0 Å². The fourth-order valence-corrected chi connectivity index (χ4v) is 15.2. The Morgan fingerprint density at radius 3 is 1.03 bits per heavy atom. The number of anilines is 3. The van der Waals surface area contributed by atoms with Crippen LogP contribution >= 0.6 is 0 Å². The molecular weight excluding hydrogens is 849 g/mol. The molecule has 0 saturated carbocycles. The van der Waals surface area contributed by atoms with Crippen LogP contribution in [0.3, 0.4) is 0 Å². The summed E-state index contributed by atoms with van der Waals surface area (Å²) in [6, 6.07) is 107. The van der Waals surface area contributed by atoms with Crippen LogP contribution in [0, 0.1) is 0 Å². The Hall–Kier alpha value is -8.76. The minimum Gasteiger partial charge on any atom is -0.311 e. The average Bonchev–Trinajstić information content (AvgIpc) is 3.77. The number of fused-ring (bicyclic) bond motifs is 3. The van der Waals surface area contributed by atoms with Gasteiger partial charge < -0.3 is 9.47 Å². The highest BCUT2D eigenvalue weighted by Gasteiger charge is 2.41. The lowest BCUT2D eigenvalue weighted by Gasteiger charge is -2.34. The van der Waals surface area contributed by atoms with E-state index in [1.54, 1.807) is 0 Å². The van der Waals surface area contributed by atoms with Crippen molar-refractivity contribution in [3.8, 4) is 39.1 Å². The summed E-state index contributed by atoms with van der Waals surface area (Å²) in [7, 11) is -2.65. The summed E-state index contributed by atoms with van der Waals surface area (Å²) in [4.78, 5) is 2.35. The predicted octanol–water partition coefficient (Wildman–Crippen LogP) is 14.6. The molecule has 0 bridgehead atoms. The Kier molecular flexibility index (Phi) is 11.0. The number of para-hydroxylation sites is 1. The van der Waals surface area contributed by atoms with Crippen molar-refractivity contribution < 1.29 is 0 Å². The minimum atomic E-state index is -2.65. The van der Waals surface area contributed by atoms with E-state index in [2.05, 4.69) is 301 Å². The lowest BCUT2D eigenvalue weighted by atomic mass is 10.0. The molecule has 0 N–H and O–H groups in total. The summed E-state index contributed by atoms with van der Waals surface area (Å²) in [5.74, 6) is 0. The van der Waals surface area contributed by atoms with Crippen molar-refractivity contribution in [1.82, 2.24) is 4.57 Å². The Bertz CT molecular complexity index is 3470. The number of benzene rings is 11. The molecule has 2 nitrogen and oxygen atoms in total. The van der Waals surface area contributed by atoms with Crippen molar-refractivity contribution in [2.24, 2.45) is 0 Å². The monoisotopic (exact) mass is 896 g/mol. The zero-order valence-electron chi connectivity index (χ0n) is 38.1. The molecule has 0 saturated heterocycles. The second kappa shape index (κ2) is 18.1. The Labute approximate surface area is 405 Å². The Balaban J connectivity index is 0.913. The van der Waals surface area contributed by atoms with Crippen molar-refractivity contribution >= 4 is 67.7 Å². The second-order valence-electron chi connectivity index (χ2n) is 17.7. The number of hydrogen-bond acceptors (Lipinski definition) is 1. The molecule has 69 heavy (non-hydrogen) atoms. The molecule has 11 aromatic carbocycles.